The number of ether oxygens (including phenoxy) is 1. The normalized spacial score (nSPS) is 12.2. The minimum atomic E-state index is -0.990. The van der Waals surface area contributed by atoms with Gasteiger partial charge in [-0.05, 0) is 17.7 Å². The summed E-state index contributed by atoms with van der Waals surface area (Å²) >= 11 is 0. The largest absolute Gasteiger partial charge is 0.494 e. The zero-order valence-electron chi connectivity index (χ0n) is 7.66. The van der Waals surface area contributed by atoms with E-state index in [1.54, 1.807) is 0 Å². The Labute approximate surface area is 80.6 Å². The molecular weight excluding hydrogens is 187 g/mol. The Bertz CT molecular complexity index is 355. The maximum absolute atomic E-state index is 13.1. The molecule has 1 rings (SSSR count). The Morgan fingerprint density at radius 1 is 1.57 bits per heavy atom. The van der Waals surface area contributed by atoms with Crippen LogP contribution >= 0.6 is 0 Å². The molecule has 1 aromatic carbocycles. The first-order valence-corrected chi connectivity index (χ1v) is 3.94. The van der Waals surface area contributed by atoms with E-state index in [1.165, 1.54) is 19.2 Å². The number of methoxy groups -OCH3 is 1. The molecule has 4 N–H and O–H groups in total. The van der Waals surface area contributed by atoms with Crippen LogP contribution in [-0.4, -0.2) is 13.0 Å². The van der Waals surface area contributed by atoms with Crippen molar-refractivity contribution in [2.24, 2.45) is 11.5 Å². The smallest absolute Gasteiger partial charge is 0.238 e. The summed E-state index contributed by atoms with van der Waals surface area (Å²) in [5.74, 6) is -1.17. The van der Waals surface area contributed by atoms with Crippen LogP contribution in [0.2, 0.25) is 0 Å². The number of rotatable bonds is 3. The van der Waals surface area contributed by atoms with Gasteiger partial charge in [-0.3, -0.25) is 4.79 Å². The molecule has 0 radical (unpaired) electrons. The van der Waals surface area contributed by atoms with E-state index in [0.29, 0.717) is 5.56 Å². The van der Waals surface area contributed by atoms with Gasteiger partial charge in [-0.1, -0.05) is 6.07 Å². The molecular formula is C9H11FN2O2. The molecule has 0 saturated carbocycles. The molecule has 4 nitrogen and oxygen atoms in total. The van der Waals surface area contributed by atoms with Gasteiger partial charge in [0.15, 0.2) is 11.6 Å². The lowest BCUT2D eigenvalue weighted by molar-refractivity contribution is -0.119. The minimum absolute atomic E-state index is 0.102. The molecule has 76 valence electrons. The van der Waals surface area contributed by atoms with Crippen molar-refractivity contribution in [3.8, 4) is 5.75 Å². The molecule has 1 atom stereocenters. The average Bonchev–Trinajstić information content (AvgIpc) is 2.16. The maximum Gasteiger partial charge on any atom is 0.238 e. The number of primary amides is 1. The summed E-state index contributed by atoms with van der Waals surface area (Å²) in [7, 11) is 1.35. The van der Waals surface area contributed by atoms with Gasteiger partial charge in [-0.15, -0.1) is 0 Å². The number of nitrogens with two attached hydrogens (primary N) is 2. The summed E-state index contributed by atoms with van der Waals surface area (Å²) in [5, 5.41) is 0. The molecule has 0 bridgehead atoms. The van der Waals surface area contributed by atoms with Gasteiger partial charge < -0.3 is 16.2 Å². The van der Waals surface area contributed by atoms with Gasteiger partial charge in [-0.25, -0.2) is 4.39 Å². The summed E-state index contributed by atoms with van der Waals surface area (Å²) in [4.78, 5) is 10.7. The predicted octanol–water partition coefficient (Wildman–Crippen LogP) is 0.319. The van der Waals surface area contributed by atoms with Crippen molar-refractivity contribution in [1.29, 1.82) is 0 Å². The molecule has 1 amide bonds. The van der Waals surface area contributed by atoms with Gasteiger partial charge in [0.1, 0.15) is 6.04 Å². The van der Waals surface area contributed by atoms with Crippen molar-refractivity contribution in [3.63, 3.8) is 0 Å². The SMILES string of the molecule is COc1ccc(C(N)C(N)=O)cc1F. The van der Waals surface area contributed by atoms with Crippen LogP contribution in [0.15, 0.2) is 18.2 Å². The van der Waals surface area contributed by atoms with Gasteiger partial charge >= 0.3 is 0 Å². The van der Waals surface area contributed by atoms with E-state index in [4.69, 9.17) is 16.2 Å². The second-order valence-corrected chi connectivity index (χ2v) is 2.77. The summed E-state index contributed by atoms with van der Waals surface area (Å²) < 4.78 is 17.8. The summed E-state index contributed by atoms with van der Waals surface area (Å²) in [5.41, 5.74) is 10.7. The van der Waals surface area contributed by atoms with Crippen molar-refractivity contribution in [2.75, 3.05) is 7.11 Å². The molecule has 0 aliphatic heterocycles. The Balaban J connectivity index is 3.02. The highest BCUT2D eigenvalue weighted by Crippen LogP contribution is 2.20. The van der Waals surface area contributed by atoms with E-state index in [-0.39, 0.29) is 5.75 Å². The molecule has 1 aromatic rings. The number of halogens is 1. The van der Waals surface area contributed by atoms with Gasteiger partial charge in [-0.2, -0.15) is 0 Å². The van der Waals surface area contributed by atoms with E-state index >= 15 is 0 Å². The van der Waals surface area contributed by atoms with Gasteiger partial charge in [0.2, 0.25) is 5.91 Å². The Morgan fingerprint density at radius 3 is 2.64 bits per heavy atom. The molecule has 1 unspecified atom stereocenters. The van der Waals surface area contributed by atoms with Crippen LogP contribution in [-0.2, 0) is 4.79 Å². The van der Waals surface area contributed by atoms with Gasteiger partial charge in [0, 0.05) is 0 Å². The minimum Gasteiger partial charge on any atom is -0.494 e. The van der Waals surface area contributed by atoms with Crippen LogP contribution in [0.4, 0.5) is 4.39 Å². The lowest BCUT2D eigenvalue weighted by Crippen LogP contribution is -2.28. The lowest BCUT2D eigenvalue weighted by atomic mass is 10.1. The molecule has 5 heteroatoms. The molecule has 0 aromatic heterocycles. The fourth-order valence-electron chi connectivity index (χ4n) is 1.04. The fourth-order valence-corrected chi connectivity index (χ4v) is 1.04. The monoisotopic (exact) mass is 198 g/mol. The molecule has 0 heterocycles. The Hall–Kier alpha value is -1.62. The molecule has 0 fully saturated rings. The fraction of sp³-hybridized carbons (Fsp3) is 0.222. The van der Waals surface area contributed by atoms with E-state index < -0.39 is 17.8 Å². The number of amides is 1. The highest BCUT2D eigenvalue weighted by Gasteiger charge is 2.14. The summed E-state index contributed by atoms with van der Waals surface area (Å²) in [6, 6.07) is 3.04. The van der Waals surface area contributed by atoms with Crippen LogP contribution in [0.5, 0.6) is 5.75 Å². The van der Waals surface area contributed by atoms with Crippen LogP contribution < -0.4 is 16.2 Å². The summed E-state index contributed by atoms with van der Waals surface area (Å²) in [6.07, 6.45) is 0. The zero-order valence-corrected chi connectivity index (χ0v) is 7.66. The second kappa shape index (κ2) is 4.06. The van der Waals surface area contributed by atoms with Crippen LogP contribution in [0.3, 0.4) is 0 Å². The standard InChI is InChI=1S/C9H11FN2O2/c1-14-7-3-2-5(4-6(7)10)8(11)9(12)13/h2-4,8H,11H2,1H3,(H2,12,13). The number of hydrogen-bond donors (Lipinski definition) is 2. The number of hydrogen-bond acceptors (Lipinski definition) is 3. The molecule has 14 heavy (non-hydrogen) atoms. The van der Waals surface area contributed by atoms with Crippen LogP contribution in [0.1, 0.15) is 11.6 Å². The first kappa shape index (κ1) is 10.5. The third-order valence-electron chi connectivity index (χ3n) is 1.84. The van der Waals surface area contributed by atoms with E-state index in [1.807, 2.05) is 0 Å². The predicted molar refractivity (Wildman–Crippen MR) is 49.1 cm³/mol. The summed E-state index contributed by atoms with van der Waals surface area (Å²) in [6.45, 7) is 0. The van der Waals surface area contributed by atoms with Crippen molar-refractivity contribution < 1.29 is 13.9 Å². The molecule has 0 aliphatic rings. The van der Waals surface area contributed by atoms with E-state index in [2.05, 4.69) is 0 Å². The first-order chi connectivity index (χ1) is 6.56. The third kappa shape index (κ3) is 2.00. The average molecular weight is 198 g/mol. The van der Waals surface area contributed by atoms with E-state index in [9.17, 15) is 9.18 Å². The highest BCUT2D eigenvalue weighted by atomic mass is 19.1. The number of benzene rings is 1. The first-order valence-electron chi connectivity index (χ1n) is 3.94. The lowest BCUT2D eigenvalue weighted by Gasteiger charge is -2.09. The maximum atomic E-state index is 13.1. The van der Waals surface area contributed by atoms with Crippen molar-refractivity contribution in [2.45, 2.75) is 6.04 Å². The van der Waals surface area contributed by atoms with Crippen LogP contribution in [0, 0.1) is 5.82 Å². The quantitative estimate of drug-likeness (QED) is 0.734. The van der Waals surface area contributed by atoms with Crippen molar-refractivity contribution >= 4 is 5.91 Å². The van der Waals surface area contributed by atoms with Crippen LogP contribution in [0.25, 0.3) is 0 Å². The topological polar surface area (TPSA) is 78.3 Å². The molecule has 0 aliphatic carbocycles. The van der Waals surface area contributed by atoms with E-state index in [0.717, 1.165) is 6.07 Å². The van der Waals surface area contributed by atoms with Crippen molar-refractivity contribution in [1.82, 2.24) is 0 Å². The molecule has 0 spiro atoms. The van der Waals surface area contributed by atoms with Crippen molar-refractivity contribution in [3.05, 3.63) is 29.6 Å². The van der Waals surface area contributed by atoms with Gasteiger partial charge in [0.05, 0.1) is 7.11 Å². The molecule has 0 saturated heterocycles. The zero-order chi connectivity index (χ0) is 10.7. The Morgan fingerprint density at radius 2 is 2.21 bits per heavy atom. The number of carbonyl (C=O) groups excluding carboxylic acids is 1. The number of carbonyl (C=O) groups is 1. The van der Waals surface area contributed by atoms with Gasteiger partial charge in [0.25, 0.3) is 0 Å². The third-order valence-corrected chi connectivity index (χ3v) is 1.84. The highest BCUT2D eigenvalue weighted by molar-refractivity contribution is 5.81. The second-order valence-electron chi connectivity index (χ2n) is 2.77. The Kier molecular flexibility index (Phi) is 3.03.